The Bertz CT molecular complexity index is 168. The average molecular weight is 172 g/mol. The molecule has 4 nitrogen and oxygen atoms in total. The first kappa shape index (κ1) is 11.1. The number of nitrogens with two attached hydrogens (primary N) is 1. The van der Waals surface area contributed by atoms with Crippen LogP contribution in [0.3, 0.4) is 0 Å². The smallest absolute Gasteiger partial charge is 0.223 e. The van der Waals surface area contributed by atoms with Crippen LogP contribution in [0.1, 0.15) is 19.8 Å². The third-order valence-corrected chi connectivity index (χ3v) is 1.59. The molecule has 0 aromatic carbocycles. The molecule has 0 heterocycles. The van der Waals surface area contributed by atoms with Crippen LogP contribution in [0.2, 0.25) is 0 Å². The van der Waals surface area contributed by atoms with Gasteiger partial charge in [0.25, 0.3) is 0 Å². The maximum atomic E-state index is 11.1. The maximum Gasteiger partial charge on any atom is 0.223 e. The first-order valence-corrected chi connectivity index (χ1v) is 4.07. The lowest BCUT2D eigenvalue weighted by Gasteiger charge is -2.14. The fourth-order valence-corrected chi connectivity index (χ4v) is 0.779. The van der Waals surface area contributed by atoms with Gasteiger partial charge in [0.1, 0.15) is 0 Å². The van der Waals surface area contributed by atoms with E-state index in [4.69, 9.17) is 5.73 Å². The van der Waals surface area contributed by atoms with Crippen molar-refractivity contribution in [2.75, 3.05) is 20.1 Å². The number of carbonyl (C=O) groups is 2. The summed E-state index contributed by atoms with van der Waals surface area (Å²) in [7, 11) is 1.62. The SMILES string of the molecule is CCC(=O)CN(C)C(=O)CCN. The van der Waals surface area contributed by atoms with Crippen LogP contribution in [-0.4, -0.2) is 36.7 Å². The van der Waals surface area contributed by atoms with E-state index in [0.717, 1.165) is 0 Å². The van der Waals surface area contributed by atoms with Crippen molar-refractivity contribution in [3.05, 3.63) is 0 Å². The van der Waals surface area contributed by atoms with E-state index in [1.807, 2.05) is 0 Å². The Morgan fingerprint density at radius 1 is 1.42 bits per heavy atom. The minimum Gasteiger partial charge on any atom is -0.338 e. The third kappa shape index (κ3) is 4.08. The zero-order valence-corrected chi connectivity index (χ0v) is 7.67. The van der Waals surface area contributed by atoms with Gasteiger partial charge in [0.15, 0.2) is 5.78 Å². The van der Waals surface area contributed by atoms with E-state index >= 15 is 0 Å². The molecule has 0 saturated heterocycles. The van der Waals surface area contributed by atoms with Gasteiger partial charge in [-0.2, -0.15) is 0 Å². The molecular weight excluding hydrogens is 156 g/mol. The number of rotatable bonds is 5. The highest BCUT2D eigenvalue weighted by Crippen LogP contribution is 1.91. The van der Waals surface area contributed by atoms with E-state index in [9.17, 15) is 9.59 Å². The summed E-state index contributed by atoms with van der Waals surface area (Å²) in [5.74, 6) is 0.00201. The summed E-state index contributed by atoms with van der Waals surface area (Å²) >= 11 is 0. The highest BCUT2D eigenvalue weighted by atomic mass is 16.2. The Balaban J connectivity index is 3.78. The molecule has 0 fully saturated rings. The van der Waals surface area contributed by atoms with Crippen molar-refractivity contribution in [1.29, 1.82) is 0 Å². The summed E-state index contributed by atoms with van der Waals surface area (Å²) in [4.78, 5) is 23.4. The number of Topliss-reactive ketones (excluding diaryl/α,β-unsaturated/α-hetero) is 1. The van der Waals surface area contributed by atoms with Gasteiger partial charge in [-0.1, -0.05) is 6.92 Å². The van der Waals surface area contributed by atoms with E-state index in [0.29, 0.717) is 19.4 Å². The van der Waals surface area contributed by atoms with E-state index < -0.39 is 0 Å². The summed E-state index contributed by atoms with van der Waals surface area (Å²) < 4.78 is 0. The minimum atomic E-state index is -0.0701. The lowest BCUT2D eigenvalue weighted by atomic mass is 10.3. The average Bonchev–Trinajstić information content (AvgIpc) is 2.04. The van der Waals surface area contributed by atoms with E-state index in [1.165, 1.54) is 4.90 Å². The largest absolute Gasteiger partial charge is 0.338 e. The summed E-state index contributed by atoms with van der Waals surface area (Å²) in [6.07, 6.45) is 0.785. The van der Waals surface area contributed by atoms with Gasteiger partial charge >= 0.3 is 0 Å². The molecule has 0 aliphatic rings. The highest BCUT2D eigenvalue weighted by molar-refractivity contribution is 5.85. The van der Waals surface area contributed by atoms with E-state index in [2.05, 4.69) is 0 Å². The molecule has 0 aliphatic carbocycles. The van der Waals surface area contributed by atoms with E-state index in [-0.39, 0.29) is 18.2 Å². The predicted octanol–water partition coefficient (Wildman–Crippen LogP) is -0.227. The van der Waals surface area contributed by atoms with Crippen LogP contribution in [0.4, 0.5) is 0 Å². The van der Waals surface area contributed by atoms with Crippen molar-refractivity contribution in [3.63, 3.8) is 0 Å². The Kier molecular flexibility index (Phi) is 5.28. The van der Waals surface area contributed by atoms with Gasteiger partial charge in [0.05, 0.1) is 6.54 Å². The first-order valence-electron chi connectivity index (χ1n) is 4.07. The van der Waals surface area contributed by atoms with Gasteiger partial charge in [0.2, 0.25) is 5.91 Å². The third-order valence-electron chi connectivity index (χ3n) is 1.59. The molecule has 0 unspecified atom stereocenters. The van der Waals surface area contributed by atoms with Crippen molar-refractivity contribution >= 4 is 11.7 Å². The van der Waals surface area contributed by atoms with Gasteiger partial charge in [-0.3, -0.25) is 9.59 Å². The van der Waals surface area contributed by atoms with Gasteiger partial charge in [0, 0.05) is 26.4 Å². The standard InChI is InChI=1S/C8H16N2O2/c1-3-7(11)6-10(2)8(12)4-5-9/h3-6,9H2,1-2H3. The molecule has 12 heavy (non-hydrogen) atoms. The number of ketones is 1. The lowest BCUT2D eigenvalue weighted by molar-refractivity contribution is -0.133. The van der Waals surface area contributed by atoms with E-state index in [1.54, 1.807) is 14.0 Å². The molecule has 4 heteroatoms. The van der Waals surface area contributed by atoms with Crippen LogP contribution >= 0.6 is 0 Å². The second kappa shape index (κ2) is 5.71. The minimum absolute atomic E-state index is 0.0701. The summed E-state index contributed by atoms with van der Waals surface area (Å²) in [6, 6.07) is 0. The molecule has 0 aromatic heterocycles. The van der Waals surface area contributed by atoms with Crippen LogP contribution in [0.15, 0.2) is 0 Å². The Morgan fingerprint density at radius 3 is 2.42 bits per heavy atom. The highest BCUT2D eigenvalue weighted by Gasteiger charge is 2.09. The molecule has 0 radical (unpaired) electrons. The van der Waals surface area contributed by atoms with Crippen LogP contribution in [0, 0.1) is 0 Å². The number of carbonyl (C=O) groups excluding carboxylic acids is 2. The van der Waals surface area contributed by atoms with Crippen molar-refractivity contribution in [2.45, 2.75) is 19.8 Å². The summed E-state index contributed by atoms with van der Waals surface area (Å²) in [5, 5.41) is 0. The fourth-order valence-electron chi connectivity index (χ4n) is 0.779. The lowest BCUT2D eigenvalue weighted by Crippen LogP contribution is -2.32. The Labute approximate surface area is 72.7 Å². The normalized spacial score (nSPS) is 9.58. The fraction of sp³-hybridized carbons (Fsp3) is 0.750. The number of hydrogen-bond donors (Lipinski definition) is 1. The molecule has 0 aliphatic heterocycles. The summed E-state index contributed by atoms with van der Waals surface area (Å²) in [5.41, 5.74) is 5.20. The molecule has 0 aromatic rings. The van der Waals surface area contributed by atoms with Gasteiger partial charge in [-0.25, -0.2) is 0 Å². The zero-order chi connectivity index (χ0) is 9.56. The summed E-state index contributed by atoms with van der Waals surface area (Å²) in [6.45, 7) is 2.32. The van der Waals surface area contributed by atoms with Crippen molar-refractivity contribution in [3.8, 4) is 0 Å². The van der Waals surface area contributed by atoms with Crippen molar-refractivity contribution in [1.82, 2.24) is 4.90 Å². The Morgan fingerprint density at radius 2 is 2.00 bits per heavy atom. The molecule has 0 rings (SSSR count). The predicted molar refractivity (Wildman–Crippen MR) is 46.6 cm³/mol. The van der Waals surface area contributed by atoms with Gasteiger partial charge < -0.3 is 10.6 Å². The van der Waals surface area contributed by atoms with Gasteiger partial charge in [-0.15, -0.1) is 0 Å². The molecule has 1 amide bonds. The molecule has 0 spiro atoms. The Hall–Kier alpha value is -0.900. The van der Waals surface area contributed by atoms with Gasteiger partial charge in [-0.05, 0) is 0 Å². The molecule has 70 valence electrons. The van der Waals surface area contributed by atoms with Crippen molar-refractivity contribution < 1.29 is 9.59 Å². The monoisotopic (exact) mass is 172 g/mol. The number of hydrogen-bond acceptors (Lipinski definition) is 3. The molecular formula is C8H16N2O2. The quantitative estimate of drug-likeness (QED) is 0.623. The van der Waals surface area contributed by atoms with Crippen LogP contribution < -0.4 is 5.73 Å². The first-order chi connectivity index (χ1) is 5.61. The maximum absolute atomic E-state index is 11.1. The molecule has 2 N–H and O–H groups in total. The van der Waals surface area contributed by atoms with Crippen LogP contribution in [0.25, 0.3) is 0 Å². The van der Waals surface area contributed by atoms with Crippen LogP contribution in [0.5, 0.6) is 0 Å². The van der Waals surface area contributed by atoms with Crippen molar-refractivity contribution in [2.24, 2.45) is 5.73 Å². The second-order valence-corrected chi connectivity index (χ2v) is 2.68. The number of nitrogens with zero attached hydrogens (tertiary/aromatic N) is 1. The number of amides is 1. The number of likely N-dealkylation sites (N-methyl/N-ethyl adjacent to an activating group) is 1. The second-order valence-electron chi connectivity index (χ2n) is 2.68. The molecule has 0 bridgehead atoms. The topological polar surface area (TPSA) is 63.4 Å². The molecule has 0 saturated carbocycles. The molecule has 0 atom stereocenters. The van der Waals surface area contributed by atoms with Crippen LogP contribution in [-0.2, 0) is 9.59 Å². The zero-order valence-electron chi connectivity index (χ0n) is 7.67.